The Kier molecular flexibility index (Phi) is 2.93. The molecule has 0 fully saturated rings. The van der Waals surface area contributed by atoms with Gasteiger partial charge in [-0.25, -0.2) is 9.97 Å². The maximum absolute atomic E-state index is 6.17. The van der Waals surface area contributed by atoms with Crippen LogP contribution in [-0.4, -0.2) is 14.5 Å². The van der Waals surface area contributed by atoms with Crippen molar-refractivity contribution in [2.45, 2.75) is 0 Å². The van der Waals surface area contributed by atoms with E-state index >= 15 is 0 Å². The number of imidazole rings is 1. The highest BCUT2D eigenvalue weighted by molar-refractivity contribution is 6.32. The summed E-state index contributed by atoms with van der Waals surface area (Å²) in [5, 5.41) is 0.581. The molecule has 0 unspecified atom stereocenters. The molecule has 2 aromatic heterocycles. The van der Waals surface area contributed by atoms with Crippen LogP contribution in [0.2, 0.25) is 5.02 Å². The summed E-state index contributed by atoms with van der Waals surface area (Å²) in [4.78, 5) is 8.65. The van der Waals surface area contributed by atoms with E-state index in [-0.39, 0.29) is 0 Å². The van der Waals surface area contributed by atoms with Crippen LogP contribution >= 0.6 is 11.6 Å². The lowest BCUT2D eigenvalue weighted by Gasteiger charge is -2.08. The molecule has 3 rings (SSSR count). The number of aromatic nitrogens is 3. The van der Waals surface area contributed by atoms with E-state index in [2.05, 4.69) is 9.97 Å². The number of rotatable bonds is 2. The standard InChI is InChI=1S/C14H11ClN4/c15-12-2-1-7-17-14(12)19-9-8-18-13(19)10-3-5-11(16)6-4-10/h1-9H,16H2. The SMILES string of the molecule is Nc1ccc(-c2nccn2-c2ncccc2Cl)cc1. The third kappa shape index (κ3) is 2.18. The van der Waals surface area contributed by atoms with E-state index in [4.69, 9.17) is 17.3 Å². The predicted molar refractivity (Wildman–Crippen MR) is 76.2 cm³/mol. The summed E-state index contributed by atoms with van der Waals surface area (Å²) in [6.45, 7) is 0. The fourth-order valence-electron chi connectivity index (χ4n) is 1.87. The average molecular weight is 271 g/mol. The van der Waals surface area contributed by atoms with Gasteiger partial charge < -0.3 is 5.73 Å². The van der Waals surface area contributed by atoms with Gasteiger partial charge >= 0.3 is 0 Å². The van der Waals surface area contributed by atoms with E-state index in [9.17, 15) is 0 Å². The molecule has 0 aliphatic carbocycles. The fourth-order valence-corrected chi connectivity index (χ4v) is 2.09. The zero-order valence-electron chi connectivity index (χ0n) is 9.99. The van der Waals surface area contributed by atoms with Crippen molar-refractivity contribution in [1.29, 1.82) is 0 Å². The second-order valence-electron chi connectivity index (χ2n) is 4.05. The first-order valence-electron chi connectivity index (χ1n) is 5.76. The van der Waals surface area contributed by atoms with E-state index in [0.717, 1.165) is 17.1 Å². The van der Waals surface area contributed by atoms with E-state index in [1.165, 1.54) is 0 Å². The lowest BCUT2D eigenvalue weighted by Crippen LogP contribution is -1.99. The molecule has 2 heterocycles. The van der Waals surface area contributed by atoms with E-state index in [0.29, 0.717) is 10.8 Å². The molecule has 0 bridgehead atoms. The summed E-state index contributed by atoms with van der Waals surface area (Å²) in [6.07, 6.45) is 5.25. The maximum atomic E-state index is 6.17. The zero-order valence-corrected chi connectivity index (χ0v) is 10.7. The second-order valence-corrected chi connectivity index (χ2v) is 4.46. The van der Waals surface area contributed by atoms with Crippen LogP contribution in [0, 0.1) is 0 Å². The molecule has 2 N–H and O–H groups in total. The number of nitrogens with two attached hydrogens (primary N) is 1. The van der Waals surface area contributed by atoms with Gasteiger partial charge in [0.15, 0.2) is 5.82 Å². The number of anilines is 1. The van der Waals surface area contributed by atoms with E-state index in [1.54, 1.807) is 24.5 Å². The molecule has 3 aromatic rings. The Morgan fingerprint density at radius 2 is 1.79 bits per heavy atom. The number of benzene rings is 1. The lowest BCUT2D eigenvalue weighted by atomic mass is 10.2. The molecule has 0 aliphatic rings. The number of pyridine rings is 1. The van der Waals surface area contributed by atoms with Crippen LogP contribution < -0.4 is 5.73 Å². The van der Waals surface area contributed by atoms with Crippen LogP contribution in [-0.2, 0) is 0 Å². The van der Waals surface area contributed by atoms with Crippen molar-refractivity contribution in [2.24, 2.45) is 0 Å². The van der Waals surface area contributed by atoms with Gasteiger partial charge in [-0.15, -0.1) is 0 Å². The van der Waals surface area contributed by atoms with Gasteiger partial charge in [0.25, 0.3) is 0 Å². The smallest absolute Gasteiger partial charge is 0.157 e. The van der Waals surface area contributed by atoms with Crippen molar-refractivity contribution in [1.82, 2.24) is 14.5 Å². The molecular formula is C14H11ClN4. The molecule has 5 heteroatoms. The van der Waals surface area contributed by atoms with E-state index < -0.39 is 0 Å². The molecule has 0 saturated heterocycles. The van der Waals surface area contributed by atoms with Crippen molar-refractivity contribution in [3.05, 3.63) is 60.0 Å². The van der Waals surface area contributed by atoms with Crippen LogP contribution in [0.25, 0.3) is 17.2 Å². The molecule has 4 nitrogen and oxygen atoms in total. The Bertz CT molecular complexity index is 703. The summed E-state index contributed by atoms with van der Waals surface area (Å²) >= 11 is 6.17. The molecule has 19 heavy (non-hydrogen) atoms. The van der Waals surface area contributed by atoms with Crippen molar-refractivity contribution in [3.8, 4) is 17.2 Å². The summed E-state index contributed by atoms with van der Waals surface area (Å²) < 4.78 is 1.86. The number of hydrogen-bond acceptors (Lipinski definition) is 3. The summed E-state index contributed by atoms with van der Waals surface area (Å²) in [5.74, 6) is 1.44. The monoisotopic (exact) mass is 270 g/mol. The molecule has 0 atom stereocenters. The molecule has 1 aromatic carbocycles. The highest BCUT2D eigenvalue weighted by Crippen LogP contribution is 2.24. The third-order valence-corrected chi connectivity index (χ3v) is 3.07. The van der Waals surface area contributed by atoms with Gasteiger partial charge in [0.2, 0.25) is 0 Å². The number of nitrogen functional groups attached to an aromatic ring is 1. The van der Waals surface area contributed by atoms with Gasteiger partial charge in [-0.05, 0) is 36.4 Å². The van der Waals surface area contributed by atoms with Crippen molar-refractivity contribution in [2.75, 3.05) is 5.73 Å². The molecule has 94 valence electrons. The Morgan fingerprint density at radius 1 is 1.00 bits per heavy atom. The maximum Gasteiger partial charge on any atom is 0.157 e. The Morgan fingerprint density at radius 3 is 2.53 bits per heavy atom. The number of hydrogen-bond donors (Lipinski definition) is 1. The first-order chi connectivity index (χ1) is 9.25. The molecule has 0 aliphatic heterocycles. The van der Waals surface area contributed by atoms with Crippen LogP contribution in [0.1, 0.15) is 0 Å². The van der Waals surface area contributed by atoms with Gasteiger partial charge in [-0.1, -0.05) is 11.6 Å². The third-order valence-electron chi connectivity index (χ3n) is 2.78. The summed E-state index contributed by atoms with van der Waals surface area (Å²) in [7, 11) is 0. The topological polar surface area (TPSA) is 56.7 Å². The molecule has 0 spiro atoms. The Hall–Kier alpha value is -2.33. The van der Waals surface area contributed by atoms with Gasteiger partial charge in [-0.2, -0.15) is 0 Å². The minimum atomic E-state index is 0.581. The van der Waals surface area contributed by atoms with Crippen molar-refractivity contribution < 1.29 is 0 Å². The molecular weight excluding hydrogens is 260 g/mol. The molecule has 0 amide bonds. The lowest BCUT2D eigenvalue weighted by molar-refractivity contribution is 1.00. The molecule has 0 saturated carbocycles. The Balaban J connectivity index is 2.13. The van der Waals surface area contributed by atoms with Crippen molar-refractivity contribution >= 4 is 17.3 Å². The van der Waals surface area contributed by atoms with E-state index in [1.807, 2.05) is 35.0 Å². The minimum Gasteiger partial charge on any atom is -0.399 e. The zero-order chi connectivity index (χ0) is 13.2. The Labute approximate surface area is 115 Å². The summed E-state index contributed by atoms with van der Waals surface area (Å²) in [6, 6.07) is 11.1. The second kappa shape index (κ2) is 4.74. The van der Waals surface area contributed by atoms with Gasteiger partial charge in [-0.3, -0.25) is 4.57 Å². The van der Waals surface area contributed by atoms with Crippen LogP contribution in [0.5, 0.6) is 0 Å². The highest BCUT2D eigenvalue weighted by Gasteiger charge is 2.10. The first kappa shape index (κ1) is 11.7. The fraction of sp³-hybridized carbons (Fsp3) is 0. The van der Waals surface area contributed by atoms with Gasteiger partial charge in [0.05, 0.1) is 5.02 Å². The van der Waals surface area contributed by atoms with Crippen LogP contribution in [0.15, 0.2) is 55.0 Å². The first-order valence-corrected chi connectivity index (χ1v) is 6.13. The van der Waals surface area contributed by atoms with Gasteiger partial charge in [0, 0.05) is 29.8 Å². The number of halogens is 1. The highest BCUT2D eigenvalue weighted by atomic mass is 35.5. The predicted octanol–water partition coefficient (Wildman–Crippen LogP) is 3.17. The largest absolute Gasteiger partial charge is 0.399 e. The molecule has 0 radical (unpaired) electrons. The van der Waals surface area contributed by atoms with Gasteiger partial charge in [0.1, 0.15) is 5.82 Å². The normalized spacial score (nSPS) is 10.6. The number of nitrogens with zero attached hydrogens (tertiary/aromatic N) is 3. The van der Waals surface area contributed by atoms with Crippen molar-refractivity contribution in [3.63, 3.8) is 0 Å². The quantitative estimate of drug-likeness (QED) is 0.728. The minimum absolute atomic E-state index is 0.581. The van der Waals surface area contributed by atoms with Crippen LogP contribution in [0.3, 0.4) is 0 Å². The average Bonchev–Trinajstić information content (AvgIpc) is 2.89. The summed E-state index contributed by atoms with van der Waals surface area (Å²) in [5.41, 5.74) is 7.37. The van der Waals surface area contributed by atoms with Crippen LogP contribution in [0.4, 0.5) is 5.69 Å².